The number of hydrogen-bond donors (Lipinski definition) is 0. The maximum Gasteiger partial charge on any atom is 0.276 e. The van der Waals surface area contributed by atoms with Crippen molar-refractivity contribution in [1.29, 1.82) is 0 Å². The SMILES string of the molecule is Cc1cc(C(=O)N2CC3(C2)OCCC3CCOCC2CCOCC2)no1. The molecule has 144 valence electrons. The lowest BCUT2D eigenvalue weighted by atomic mass is 9.79. The van der Waals surface area contributed by atoms with Crippen molar-refractivity contribution < 1.29 is 23.5 Å². The van der Waals surface area contributed by atoms with Gasteiger partial charge < -0.3 is 23.6 Å². The summed E-state index contributed by atoms with van der Waals surface area (Å²) in [6.07, 6.45) is 4.25. The first-order valence-corrected chi connectivity index (χ1v) is 9.68. The van der Waals surface area contributed by atoms with Crippen molar-refractivity contribution in [3.63, 3.8) is 0 Å². The van der Waals surface area contributed by atoms with Crippen LogP contribution in [0.1, 0.15) is 41.9 Å². The Morgan fingerprint density at radius 2 is 2.12 bits per heavy atom. The van der Waals surface area contributed by atoms with Crippen LogP contribution in [-0.2, 0) is 14.2 Å². The number of nitrogens with zero attached hydrogens (tertiary/aromatic N) is 2. The zero-order valence-electron chi connectivity index (χ0n) is 15.4. The summed E-state index contributed by atoms with van der Waals surface area (Å²) in [6.45, 7) is 7.17. The lowest BCUT2D eigenvalue weighted by Gasteiger charge is -2.50. The van der Waals surface area contributed by atoms with Gasteiger partial charge in [0.2, 0.25) is 0 Å². The van der Waals surface area contributed by atoms with Crippen LogP contribution >= 0.6 is 0 Å². The van der Waals surface area contributed by atoms with Gasteiger partial charge in [0.25, 0.3) is 5.91 Å². The van der Waals surface area contributed by atoms with Gasteiger partial charge in [-0.15, -0.1) is 0 Å². The Morgan fingerprint density at radius 3 is 2.85 bits per heavy atom. The molecule has 3 aliphatic heterocycles. The molecule has 4 heterocycles. The lowest BCUT2D eigenvalue weighted by Crippen LogP contribution is -2.66. The van der Waals surface area contributed by atoms with Gasteiger partial charge in [0, 0.05) is 39.1 Å². The molecule has 7 nitrogen and oxygen atoms in total. The molecule has 0 radical (unpaired) electrons. The van der Waals surface area contributed by atoms with Crippen molar-refractivity contribution >= 4 is 5.91 Å². The molecular formula is C19H28N2O5. The fourth-order valence-electron chi connectivity index (χ4n) is 4.30. The zero-order valence-corrected chi connectivity index (χ0v) is 15.4. The summed E-state index contributed by atoms with van der Waals surface area (Å²) >= 11 is 0. The maximum atomic E-state index is 12.4. The highest BCUT2D eigenvalue weighted by molar-refractivity contribution is 5.93. The first kappa shape index (κ1) is 17.9. The molecule has 1 amide bonds. The van der Waals surface area contributed by atoms with Crippen LogP contribution in [0.15, 0.2) is 10.6 Å². The minimum atomic E-state index is -0.184. The van der Waals surface area contributed by atoms with Crippen LogP contribution in [0.25, 0.3) is 0 Å². The molecule has 1 aromatic rings. The lowest BCUT2D eigenvalue weighted by molar-refractivity contribution is -0.121. The molecule has 0 N–H and O–H groups in total. The molecule has 3 fully saturated rings. The normalized spacial score (nSPS) is 25.6. The molecule has 0 aromatic carbocycles. The topological polar surface area (TPSA) is 74.0 Å². The third-order valence-corrected chi connectivity index (χ3v) is 5.96. The molecule has 1 aromatic heterocycles. The van der Waals surface area contributed by atoms with Gasteiger partial charge in [0.05, 0.1) is 13.1 Å². The summed E-state index contributed by atoms with van der Waals surface area (Å²) in [5.41, 5.74) is 0.197. The Balaban J connectivity index is 1.22. The summed E-state index contributed by atoms with van der Waals surface area (Å²) in [5.74, 6) is 1.68. The molecular weight excluding hydrogens is 336 g/mol. The number of aromatic nitrogens is 1. The summed E-state index contributed by atoms with van der Waals surface area (Å²) < 4.78 is 22.4. The number of aryl methyl sites for hydroxylation is 1. The van der Waals surface area contributed by atoms with E-state index in [4.69, 9.17) is 18.7 Å². The van der Waals surface area contributed by atoms with Gasteiger partial charge in [0.15, 0.2) is 5.69 Å². The van der Waals surface area contributed by atoms with E-state index in [1.807, 2.05) is 0 Å². The summed E-state index contributed by atoms with van der Waals surface area (Å²) in [4.78, 5) is 14.2. The minimum absolute atomic E-state index is 0.0718. The summed E-state index contributed by atoms with van der Waals surface area (Å²) in [7, 11) is 0. The van der Waals surface area contributed by atoms with Crippen molar-refractivity contribution in [2.45, 2.75) is 38.2 Å². The predicted molar refractivity (Wildman–Crippen MR) is 92.9 cm³/mol. The van der Waals surface area contributed by atoms with Crippen molar-refractivity contribution in [2.24, 2.45) is 11.8 Å². The Hall–Kier alpha value is -1.44. The van der Waals surface area contributed by atoms with Crippen molar-refractivity contribution in [2.75, 3.05) is 46.1 Å². The smallest absolute Gasteiger partial charge is 0.276 e. The molecule has 0 aliphatic carbocycles. The third kappa shape index (κ3) is 3.66. The molecule has 0 bridgehead atoms. The van der Waals surface area contributed by atoms with Gasteiger partial charge in [0.1, 0.15) is 11.4 Å². The summed E-state index contributed by atoms with van der Waals surface area (Å²) in [6, 6.07) is 1.68. The fraction of sp³-hybridized carbons (Fsp3) is 0.789. The van der Waals surface area contributed by atoms with E-state index in [0.29, 0.717) is 36.4 Å². The zero-order chi connectivity index (χ0) is 18.0. The van der Waals surface area contributed by atoms with E-state index >= 15 is 0 Å². The Morgan fingerprint density at radius 1 is 1.31 bits per heavy atom. The summed E-state index contributed by atoms with van der Waals surface area (Å²) in [5, 5.41) is 3.82. The predicted octanol–water partition coefficient (Wildman–Crippen LogP) is 2.05. The number of carbonyl (C=O) groups excluding carboxylic acids is 1. The van der Waals surface area contributed by atoms with Gasteiger partial charge in [-0.05, 0) is 44.4 Å². The number of ether oxygens (including phenoxy) is 3. The van der Waals surface area contributed by atoms with Crippen LogP contribution in [0.5, 0.6) is 0 Å². The molecule has 1 unspecified atom stereocenters. The van der Waals surface area contributed by atoms with Gasteiger partial charge in [-0.3, -0.25) is 4.79 Å². The Bertz CT molecular complexity index is 619. The van der Waals surface area contributed by atoms with Crippen LogP contribution in [-0.4, -0.2) is 67.7 Å². The highest BCUT2D eigenvalue weighted by Gasteiger charge is 2.54. The van der Waals surface area contributed by atoms with Crippen LogP contribution in [0.2, 0.25) is 0 Å². The number of rotatable bonds is 6. The van der Waals surface area contributed by atoms with Crippen molar-refractivity contribution in [1.82, 2.24) is 10.1 Å². The largest absolute Gasteiger partial charge is 0.381 e. The minimum Gasteiger partial charge on any atom is -0.381 e. The van der Waals surface area contributed by atoms with E-state index < -0.39 is 0 Å². The molecule has 3 saturated heterocycles. The first-order valence-electron chi connectivity index (χ1n) is 9.68. The highest BCUT2D eigenvalue weighted by atomic mass is 16.5. The van der Waals surface area contributed by atoms with Crippen molar-refractivity contribution in [3.8, 4) is 0 Å². The fourth-order valence-corrected chi connectivity index (χ4v) is 4.30. The monoisotopic (exact) mass is 364 g/mol. The molecule has 7 heteroatoms. The van der Waals surface area contributed by atoms with E-state index in [9.17, 15) is 4.79 Å². The van der Waals surface area contributed by atoms with Crippen molar-refractivity contribution in [3.05, 3.63) is 17.5 Å². The number of hydrogen-bond acceptors (Lipinski definition) is 6. The molecule has 4 rings (SSSR count). The maximum absolute atomic E-state index is 12.4. The van der Waals surface area contributed by atoms with Gasteiger partial charge in [-0.1, -0.05) is 5.16 Å². The van der Waals surface area contributed by atoms with E-state index in [1.54, 1.807) is 17.9 Å². The van der Waals surface area contributed by atoms with E-state index in [2.05, 4.69) is 5.16 Å². The van der Waals surface area contributed by atoms with E-state index in [-0.39, 0.29) is 11.5 Å². The highest BCUT2D eigenvalue weighted by Crippen LogP contribution is 2.42. The second-order valence-electron chi connectivity index (χ2n) is 7.80. The molecule has 0 saturated carbocycles. The number of amides is 1. The average molecular weight is 364 g/mol. The molecule has 26 heavy (non-hydrogen) atoms. The van der Waals surface area contributed by atoms with Crippen LogP contribution in [0, 0.1) is 18.8 Å². The van der Waals surface area contributed by atoms with Gasteiger partial charge in [-0.2, -0.15) is 0 Å². The number of carbonyl (C=O) groups is 1. The number of likely N-dealkylation sites (tertiary alicyclic amines) is 1. The Labute approximate surface area is 153 Å². The van der Waals surface area contributed by atoms with Gasteiger partial charge in [-0.25, -0.2) is 0 Å². The molecule has 3 aliphatic rings. The van der Waals surface area contributed by atoms with Crippen LogP contribution in [0.3, 0.4) is 0 Å². The van der Waals surface area contributed by atoms with E-state index in [1.165, 1.54) is 0 Å². The standard InChI is InChI=1S/C19H28N2O5/c1-14-10-17(20-26-14)18(22)21-12-19(13-21)16(5-9-25-19)4-8-24-11-15-2-6-23-7-3-15/h10,15-16H,2-9,11-13H2,1H3. The third-order valence-electron chi connectivity index (χ3n) is 5.96. The average Bonchev–Trinajstić information content (AvgIpc) is 3.24. The second kappa shape index (κ2) is 7.66. The van der Waals surface area contributed by atoms with Crippen LogP contribution in [0.4, 0.5) is 0 Å². The molecule has 1 spiro atoms. The Kier molecular flexibility index (Phi) is 5.29. The quantitative estimate of drug-likeness (QED) is 0.719. The first-order chi connectivity index (χ1) is 12.7. The molecule has 1 atom stereocenters. The van der Waals surface area contributed by atoms with Gasteiger partial charge >= 0.3 is 0 Å². The van der Waals surface area contributed by atoms with E-state index in [0.717, 1.165) is 58.7 Å². The second-order valence-corrected chi connectivity index (χ2v) is 7.80. The van der Waals surface area contributed by atoms with Crippen LogP contribution < -0.4 is 0 Å².